The molecular formula is C10H15F2N3O2S. The fourth-order valence-corrected chi connectivity index (χ4v) is 4.48. The summed E-state index contributed by atoms with van der Waals surface area (Å²) in [6.45, 7) is 1.60. The summed E-state index contributed by atoms with van der Waals surface area (Å²) in [6, 6.07) is 0. The zero-order chi connectivity index (χ0) is 13.6. The third-order valence-electron chi connectivity index (χ3n) is 3.31. The second kappa shape index (κ2) is 4.27. The summed E-state index contributed by atoms with van der Waals surface area (Å²) in [4.78, 5) is 0. The van der Waals surface area contributed by atoms with Gasteiger partial charge in [-0.2, -0.15) is 5.10 Å². The summed E-state index contributed by atoms with van der Waals surface area (Å²) in [5.41, 5.74) is 4.48. The summed E-state index contributed by atoms with van der Waals surface area (Å²) in [7, 11) is -3.18. The number of alkyl halides is 2. The van der Waals surface area contributed by atoms with Crippen LogP contribution in [0.15, 0.2) is 6.20 Å². The van der Waals surface area contributed by atoms with Gasteiger partial charge in [-0.1, -0.05) is 0 Å². The molecule has 1 aliphatic heterocycles. The molecule has 18 heavy (non-hydrogen) atoms. The van der Waals surface area contributed by atoms with Crippen LogP contribution in [-0.4, -0.2) is 29.7 Å². The Kier molecular flexibility index (Phi) is 3.18. The number of sulfone groups is 1. The molecular weight excluding hydrogens is 264 g/mol. The van der Waals surface area contributed by atoms with Gasteiger partial charge in [0.2, 0.25) is 0 Å². The lowest BCUT2D eigenvalue weighted by Crippen LogP contribution is -2.34. The lowest BCUT2D eigenvalue weighted by atomic mass is 10.0. The van der Waals surface area contributed by atoms with Gasteiger partial charge in [0.1, 0.15) is 5.69 Å². The van der Waals surface area contributed by atoms with Crippen molar-refractivity contribution in [2.45, 2.75) is 31.9 Å². The average molecular weight is 279 g/mol. The summed E-state index contributed by atoms with van der Waals surface area (Å²) < 4.78 is 50.3. The molecule has 1 unspecified atom stereocenters. The van der Waals surface area contributed by atoms with E-state index in [1.165, 1.54) is 6.20 Å². The molecule has 1 aromatic rings. The second-order valence-corrected chi connectivity index (χ2v) is 6.99. The fraction of sp³-hybridized carbons (Fsp3) is 0.700. The van der Waals surface area contributed by atoms with E-state index < -0.39 is 21.8 Å². The van der Waals surface area contributed by atoms with Gasteiger partial charge in [0, 0.05) is 12.1 Å². The van der Waals surface area contributed by atoms with Crippen molar-refractivity contribution in [1.82, 2.24) is 9.78 Å². The highest BCUT2D eigenvalue weighted by Gasteiger charge is 2.43. The van der Waals surface area contributed by atoms with E-state index in [0.29, 0.717) is 6.42 Å². The highest BCUT2D eigenvalue weighted by Crippen LogP contribution is 2.35. The Labute approximate surface area is 104 Å². The van der Waals surface area contributed by atoms with Gasteiger partial charge in [-0.3, -0.25) is 4.68 Å². The molecule has 1 aliphatic rings. The Bertz CT molecular complexity index is 555. The SMILES string of the molecule is CC1(n2ncc(CN)c2C(F)F)CCS(=O)(=O)C1. The Morgan fingerprint density at radius 1 is 1.61 bits per heavy atom. The number of hydrogen-bond acceptors (Lipinski definition) is 4. The Morgan fingerprint density at radius 2 is 2.28 bits per heavy atom. The number of nitrogens with two attached hydrogens (primary N) is 1. The fourth-order valence-electron chi connectivity index (χ4n) is 2.37. The minimum absolute atomic E-state index is 0.00396. The van der Waals surface area contributed by atoms with Crippen LogP contribution >= 0.6 is 0 Å². The first-order valence-electron chi connectivity index (χ1n) is 5.55. The van der Waals surface area contributed by atoms with Gasteiger partial charge in [-0.15, -0.1) is 0 Å². The van der Waals surface area contributed by atoms with E-state index in [0.717, 1.165) is 4.68 Å². The quantitative estimate of drug-likeness (QED) is 0.888. The van der Waals surface area contributed by atoms with Gasteiger partial charge >= 0.3 is 0 Å². The lowest BCUT2D eigenvalue weighted by Gasteiger charge is -2.25. The first-order valence-corrected chi connectivity index (χ1v) is 7.37. The van der Waals surface area contributed by atoms with E-state index in [2.05, 4.69) is 5.10 Å². The van der Waals surface area contributed by atoms with Crippen molar-refractivity contribution < 1.29 is 17.2 Å². The highest BCUT2D eigenvalue weighted by atomic mass is 32.2. The number of aromatic nitrogens is 2. The monoisotopic (exact) mass is 279 g/mol. The molecule has 0 radical (unpaired) electrons. The van der Waals surface area contributed by atoms with E-state index in [1.807, 2.05) is 0 Å². The van der Waals surface area contributed by atoms with E-state index in [4.69, 9.17) is 5.73 Å². The van der Waals surface area contributed by atoms with E-state index in [-0.39, 0.29) is 29.3 Å². The number of nitrogens with zero attached hydrogens (tertiary/aromatic N) is 2. The molecule has 0 amide bonds. The summed E-state index contributed by atoms with van der Waals surface area (Å²) in [5, 5.41) is 3.92. The standard InChI is InChI=1S/C10H15F2N3O2S/c1-10(2-3-18(16,17)6-10)15-8(9(11)12)7(4-13)5-14-15/h5,9H,2-4,6,13H2,1H3. The first kappa shape index (κ1) is 13.4. The van der Waals surface area contributed by atoms with Gasteiger partial charge in [-0.05, 0) is 13.3 Å². The molecule has 1 atom stereocenters. The van der Waals surface area contributed by atoms with E-state index in [1.54, 1.807) is 6.92 Å². The molecule has 2 rings (SSSR count). The normalized spacial score (nSPS) is 26.9. The topological polar surface area (TPSA) is 78.0 Å². The third kappa shape index (κ3) is 2.14. The van der Waals surface area contributed by atoms with Crippen LogP contribution in [0.2, 0.25) is 0 Å². The Balaban J connectivity index is 2.49. The van der Waals surface area contributed by atoms with Crippen LogP contribution in [0.4, 0.5) is 8.78 Å². The zero-order valence-corrected chi connectivity index (χ0v) is 10.8. The lowest BCUT2D eigenvalue weighted by molar-refractivity contribution is 0.127. The molecule has 102 valence electrons. The molecule has 8 heteroatoms. The zero-order valence-electron chi connectivity index (χ0n) is 9.94. The predicted octanol–water partition coefficient (Wildman–Crippen LogP) is 0.813. The molecule has 0 spiro atoms. The smallest absolute Gasteiger partial charge is 0.280 e. The molecule has 1 saturated heterocycles. The average Bonchev–Trinajstić information content (AvgIpc) is 2.80. The van der Waals surface area contributed by atoms with Crippen molar-refractivity contribution in [2.24, 2.45) is 5.73 Å². The van der Waals surface area contributed by atoms with Crippen molar-refractivity contribution >= 4 is 9.84 Å². The van der Waals surface area contributed by atoms with Crippen molar-refractivity contribution in [1.29, 1.82) is 0 Å². The van der Waals surface area contributed by atoms with Gasteiger partial charge in [-0.25, -0.2) is 17.2 Å². The predicted molar refractivity (Wildman–Crippen MR) is 62.0 cm³/mol. The van der Waals surface area contributed by atoms with Crippen LogP contribution in [0.5, 0.6) is 0 Å². The number of rotatable bonds is 3. The van der Waals surface area contributed by atoms with Gasteiger partial charge in [0.25, 0.3) is 6.43 Å². The summed E-state index contributed by atoms with van der Waals surface area (Å²) in [5.74, 6) is -0.157. The first-order chi connectivity index (χ1) is 8.29. The summed E-state index contributed by atoms with van der Waals surface area (Å²) in [6.07, 6.45) is -1.13. The Morgan fingerprint density at radius 3 is 2.72 bits per heavy atom. The van der Waals surface area contributed by atoms with Gasteiger partial charge < -0.3 is 5.73 Å². The molecule has 5 nitrogen and oxygen atoms in total. The minimum Gasteiger partial charge on any atom is -0.326 e. The van der Waals surface area contributed by atoms with Crippen molar-refractivity contribution in [3.8, 4) is 0 Å². The van der Waals surface area contributed by atoms with Crippen molar-refractivity contribution in [3.05, 3.63) is 17.5 Å². The van der Waals surface area contributed by atoms with Gasteiger partial charge in [0.05, 0.1) is 23.2 Å². The van der Waals surface area contributed by atoms with Crippen molar-refractivity contribution in [2.75, 3.05) is 11.5 Å². The molecule has 0 aliphatic carbocycles. The van der Waals surface area contributed by atoms with Crippen LogP contribution in [0.1, 0.15) is 31.0 Å². The number of hydrogen-bond donors (Lipinski definition) is 1. The number of halogens is 2. The maximum atomic E-state index is 13.1. The molecule has 1 aromatic heterocycles. The van der Waals surface area contributed by atoms with Crippen LogP contribution < -0.4 is 5.73 Å². The molecule has 0 aromatic carbocycles. The summed E-state index contributed by atoms with van der Waals surface area (Å²) >= 11 is 0. The second-order valence-electron chi connectivity index (χ2n) is 4.81. The minimum atomic E-state index is -3.18. The molecule has 2 heterocycles. The molecule has 1 fully saturated rings. The maximum Gasteiger partial charge on any atom is 0.280 e. The molecule has 0 bridgehead atoms. The largest absolute Gasteiger partial charge is 0.326 e. The van der Waals surface area contributed by atoms with Crippen molar-refractivity contribution in [3.63, 3.8) is 0 Å². The maximum absolute atomic E-state index is 13.1. The van der Waals surface area contributed by atoms with E-state index >= 15 is 0 Å². The van der Waals surface area contributed by atoms with Gasteiger partial charge in [0.15, 0.2) is 9.84 Å². The van der Waals surface area contributed by atoms with E-state index in [9.17, 15) is 17.2 Å². The van der Waals surface area contributed by atoms with Crippen LogP contribution in [0, 0.1) is 0 Å². The van der Waals surface area contributed by atoms with Crippen LogP contribution in [0.25, 0.3) is 0 Å². The van der Waals surface area contributed by atoms with Crippen LogP contribution in [-0.2, 0) is 21.9 Å². The highest BCUT2D eigenvalue weighted by molar-refractivity contribution is 7.91. The molecule has 2 N–H and O–H groups in total. The van der Waals surface area contributed by atoms with Crippen LogP contribution in [0.3, 0.4) is 0 Å². The molecule has 0 saturated carbocycles. The Hall–Kier alpha value is -1.02. The third-order valence-corrected chi connectivity index (χ3v) is 5.19.